The smallest absolute Gasteiger partial charge is 0.274 e. The number of nitrogens with zero attached hydrogens (tertiary/aromatic N) is 2. The van der Waals surface area contributed by atoms with Gasteiger partial charge >= 0.3 is 0 Å². The van der Waals surface area contributed by atoms with Crippen molar-refractivity contribution in [2.75, 3.05) is 10.2 Å². The van der Waals surface area contributed by atoms with E-state index in [0.717, 1.165) is 6.42 Å². The zero-order valence-corrected chi connectivity index (χ0v) is 18.5. The van der Waals surface area contributed by atoms with Gasteiger partial charge in [-0.15, -0.1) is 0 Å². The van der Waals surface area contributed by atoms with Gasteiger partial charge in [0, 0.05) is 11.9 Å². The fourth-order valence-corrected chi connectivity index (χ4v) is 5.17. The first kappa shape index (κ1) is 21.3. The lowest BCUT2D eigenvalue weighted by atomic mass is 9.73. The van der Waals surface area contributed by atoms with Crippen LogP contribution in [0.1, 0.15) is 41.2 Å². The fourth-order valence-electron chi connectivity index (χ4n) is 4.90. The second-order valence-electron chi connectivity index (χ2n) is 8.48. The molecule has 3 amide bonds. The van der Waals surface area contributed by atoms with E-state index in [1.54, 1.807) is 36.4 Å². The second-order valence-corrected chi connectivity index (χ2v) is 8.89. The van der Waals surface area contributed by atoms with Gasteiger partial charge in [-0.1, -0.05) is 48.0 Å². The molecule has 0 unspecified atom stereocenters. The van der Waals surface area contributed by atoms with E-state index in [2.05, 4.69) is 22.4 Å². The quantitative estimate of drug-likeness (QED) is 0.553. The van der Waals surface area contributed by atoms with Gasteiger partial charge in [0.1, 0.15) is 5.69 Å². The van der Waals surface area contributed by atoms with Crippen LogP contribution in [0.5, 0.6) is 0 Å². The number of halogens is 1. The number of hydrogen-bond acceptors (Lipinski definition) is 4. The first-order valence-electron chi connectivity index (χ1n) is 11.0. The van der Waals surface area contributed by atoms with Crippen LogP contribution >= 0.6 is 11.6 Å². The van der Waals surface area contributed by atoms with Gasteiger partial charge in [0.25, 0.3) is 5.91 Å². The minimum absolute atomic E-state index is 0.191. The van der Waals surface area contributed by atoms with Gasteiger partial charge in [-0.3, -0.25) is 19.4 Å². The molecule has 3 atom stereocenters. The molecule has 1 aliphatic heterocycles. The van der Waals surface area contributed by atoms with Crippen LogP contribution in [0.2, 0.25) is 5.02 Å². The highest BCUT2D eigenvalue weighted by Gasteiger charge is 2.51. The summed E-state index contributed by atoms with van der Waals surface area (Å²) in [7, 11) is 0. The average molecular weight is 460 g/mol. The molecule has 166 valence electrons. The number of fused-ring (bicyclic) bond motifs is 1. The molecule has 33 heavy (non-hydrogen) atoms. The van der Waals surface area contributed by atoms with Crippen LogP contribution in [0, 0.1) is 11.8 Å². The molecule has 7 heteroatoms. The number of nitrogens with one attached hydrogen (secondary N) is 1. The van der Waals surface area contributed by atoms with Crippen molar-refractivity contribution in [3.63, 3.8) is 0 Å². The van der Waals surface area contributed by atoms with Crippen LogP contribution < -0.4 is 10.2 Å². The Hall–Kier alpha value is -3.51. The van der Waals surface area contributed by atoms with Gasteiger partial charge in [-0.2, -0.15) is 0 Å². The first-order valence-corrected chi connectivity index (χ1v) is 11.4. The third-order valence-electron chi connectivity index (χ3n) is 6.54. The molecule has 3 aromatic rings. The van der Waals surface area contributed by atoms with Crippen molar-refractivity contribution in [2.24, 2.45) is 11.8 Å². The zero-order chi connectivity index (χ0) is 22.9. The van der Waals surface area contributed by atoms with Crippen LogP contribution in [0.3, 0.4) is 0 Å². The Morgan fingerprint density at radius 2 is 1.70 bits per heavy atom. The minimum atomic E-state index is -0.370. The highest BCUT2D eigenvalue weighted by atomic mass is 35.5. The average Bonchev–Trinajstić information content (AvgIpc) is 3.10. The van der Waals surface area contributed by atoms with Crippen LogP contribution in [-0.2, 0) is 9.59 Å². The first-order chi connectivity index (χ1) is 16.0. The minimum Gasteiger partial charge on any atom is -0.321 e. The van der Waals surface area contributed by atoms with Gasteiger partial charge in [0.05, 0.1) is 22.5 Å². The summed E-state index contributed by atoms with van der Waals surface area (Å²) in [5.41, 5.74) is 2.30. The number of carbonyl (C=O) groups excluding carboxylic acids is 3. The summed E-state index contributed by atoms with van der Waals surface area (Å²) >= 11 is 6.48. The second kappa shape index (κ2) is 8.79. The van der Waals surface area contributed by atoms with Crippen LogP contribution in [0.4, 0.5) is 11.4 Å². The van der Waals surface area contributed by atoms with E-state index in [4.69, 9.17) is 11.6 Å². The Kier molecular flexibility index (Phi) is 5.68. The van der Waals surface area contributed by atoms with Crippen molar-refractivity contribution in [2.45, 2.75) is 25.2 Å². The number of imide groups is 1. The van der Waals surface area contributed by atoms with Crippen LogP contribution in [0.25, 0.3) is 0 Å². The molecular weight excluding hydrogens is 438 g/mol. The van der Waals surface area contributed by atoms with E-state index in [0.29, 0.717) is 24.2 Å². The summed E-state index contributed by atoms with van der Waals surface area (Å²) < 4.78 is 0. The van der Waals surface area contributed by atoms with Crippen LogP contribution in [0.15, 0.2) is 72.9 Å². The normalized spacial score (nSPS) is 22.2. The van der Waals surface area contributed by atoms with E-state index in [1.165, 1.54) is 16.7 Å². The molecule has 1 saturated carbocycles. The monoisotopic (exact) mass is 459 g/mol. The summed E-state index contributed by atoms with van der Waals surface area (Å²) in [6, 6.07) is 20.0. The molecule has 0 bridgehead atoms. The molecule has 1 aliphatic carbocycles. The molecule has 0 spiro atoms. The summed E-state index contributed by atoms with van der Waals surface area (Å²) in [4.78, 5) is 44.1. The van der Waals surface area contributed by atoms with Crippen molar-refractivity contribution in [3.8, 4) is 0 Å². The Morgan fingerprint density at radius 3 is 2.42 bits per heavy atom. The lowest BCUT2D eigenvalue weighted by molar-refractivity contribution is -0.122. The highest BCUT2D eigenvalue weighted by Crippen LogP contribution is 2.46. The van der Waals surface area contributed by atoms with Gasteiger partial charge < -0.3 is 5.32 Å². The molecule has 2 aliphatic rings. The molecule has 2 aromatic carbocycles. The number of rotatable bonds is 4. The summed E-state index contributed by atoms with van der Waals surface area (Å²) in [6.07, 6.45) is 3.76. The molecule has 1 aromatic heterocycles. The number of hydrogen-bond donors (Lipinski definition) is 1. The van der Waals surface area contributed by atoms with Crippen molar-refractivity contribution < 1.29 is 14.4 Å². The Balaban J connectivity index is 1.35. The van der Waals surface area contributed by atoms with Crippen molar-refractivity contribution in [1.82, 2.24) is 4.98 Å². The number of carbonyl (C=O) groups is 3. The maximum atomic E-state index is 13.3. The molecule has 2 fully saturated rings. The summed E-state index contributed by atoms with van der Waals surface area (Å²) in [5.74, 6) is -1.14. The maximum Gasteiger partial charge on any atom is 0.274 e. The number of pyridine rings is 1. The van der Waals surface area contributed by atoms with E-state index < -0.39 is 0 Å². The standard InChI is InChI=1S/C26H22ClN3O3/c27-21-15-18(29-24(31)22-8-4-5-13-28-22)10-12-23(21)30-25(32)19-11-9-17(14-20(19)26(30)33)16-6-2-1-3-7-16/h1-8,10,12-13,15,17,19-20H,9,11,14H2,(H,29,31)/t17-,19-,20+/m0/s1. The Labute approximate surface area is 196 Å². The summed E-state index contributed by atoms with van der Waals surface area (Å²) in [5, 5.41) is 2.97. The highest BCUT2D eigenvalue weighted by molar-refractivity contribution is 6.36. The van der Waals surface area contributed by atoms with E-state index in [1.807, 2.05) is 18.2 Å². The third kappa shape index (κ3) is 4.02. The van der Waals surface area contributed by atoms with E-state index in [9.17, 15) is 14.4 Å². The van der Waals surface area contributed by atoms with Crippen molar-refractivity contribution in [3.05, 3.63) is 89.2 Å². The largest absolute Gasteiger partial charge is 0.321 e. The van der Waals surface area contributed by atoms with E-state index >= 15 is 0 Å². The zero-order valence-electron chi connectivity index (χ0n) is 17.8. The number of aromatic nitrogens is 1. The predicted octanol–water partition coefficient (Wildman–Crippen LogP) is 5.06. The van der Waals surface area contributed by atoms with Gasteiger partial charge in [-0.05, 0) is 61.1 Å². The molecule has 6 nitrogen and oxygen atoms in total. The molecule has 1 saturated heterocycles. The van der Waals surface area contributed by atoms with Crippen molar-refractivity contribution in [1.29, 1.82) is 0 Å². The molecule has 2 heterocycles. The molecule has 5 rings (SSSR count). The molecule has 0 radical (unpaired) electrons. The van der Waals surface area contributed by atoms with Gasteiger partial charge in [0.15, 0.2) is 0 Å². The Bertz CT molecular complexity index is 1220. The van der Waals surface area contributed by atoms with Crippen LogP contribution in [-0.4, -0.2) is 22.7 Å². The summed E-state index contributed by atoms with van der Waals surface area (Å²) in [6.45, 7) is 0. The van der Waals surface area contributed by atoms with Crippen molar-refractivity contribution >= 4 is 40.7 Å². The Morgan fingerprint density at radius 1 is 0.939 bits per heavy atom. The molecule has 1 N–H and O–H groups in total. The van der Waals surface area contributed by atoms with Gasteiger partial charge in [-0.25, -0.2) is 4.90 Å². The number of anilines is 2. The SMILES string of the molecule is O=C(Nc1ccc(N2C(=O)[C@H]3CC[C@H](c4ccccc4)C[C@H]3C2=O)c(Cl)c1)c1ccccn1. The number of benzene rings is 2. The lowest BCUT2D eigenvalue weighted by Gasteiger charge is -2.28. The topological polar surface area (TPSA) is 79.4 Å². The van der Waals surface area contributed by atoms with Gasteiger partial charge in [0.2, 0.25) is 11.8 Å². The number of amides is 3. The molecular formula is C26H22ClN3O3. The maximum absolute atomic E-state index is 13.3. The van der Waals surface area contributed by atoms with E-state index in [-0.39, 0.29) is 46.2 Å². The lowest BCUT2D eigenvalue weighted by Crippen LogP contribution is -2.31. The third-order valence-corrected chi connectivity index (χ3v) is 6.84. The fraction of sp³-hybridized carbons (Fsp3) is 0.231. The predicted molar refractivity (Wildman–Crippen MR) is 126 cm³/mol.